The number of benzene rings is 2. The number of phenols is 2. The third-order valence-corrected chi connectivity index (χ3v) is 6.46. The normalized spacial score (nSPS) is 17.3. The summed E-state index contributed by atoms with van der Waals surface area (Å²) in [6.07, 6.45) is 15.7. The van der Waals surface area contributed by atoms with Crippen LogP contribution in [0.3, 0.4) is 0 Å². The summed E-state index contributed by atoms with van der Waals surface area (Å²) >= 11 is 0. The molecule has 6 N–H and O–H groups in total. The van der Waals surface area contributed by atoms with Crippen molar-refractivity contribution >= 4 is 0 Å². The molecule has 4 nitrogen and oxygen atoms in total. The van der Waals surface area contributed by atoms with Crippen LogP contribution in [-0.4, -0.2) is 21.2 Å². The molecule has 0 bridgehead atoms. The molecule has 1 radical (unpaired) electrons. The van der Waals surface area contributed by atoms with Crippen molar-refractivity contribution < 1.29 is 37.9 Å². The monoisotopic (exact) mass is 475 g/mol. The van der Waals surface area contributed by atoms with Crippen LogP contribution in [0.4, 0.5) is 0 Å². The van der Waals surface area contributed by atoms with E-state index >= 15 is 0 Å². The van der Waals surface area contributed by atoms with E-state index in [0.717, 1.165) is 11.1 Å². The minimum Gasteiger partial charge on any atom is -0.508 e. The van der Waals surface area contributed by atoms with Crippen molar-refractivity contribution in [1.82, 2.24) is 0 Å². The second-order valence-electron chi connectivity index (χ2n) is 8.49. The molecule has 0 atom stereocenters. The number of phenolic OH excluding ortho intramolecular Hbond substituents is 2. The molecule has 2 fully saturated rings. The maximum absolute atomic E-state index is 9.75. The van der Waals surface area contributed by atoms with Crippen LogP contribution >= 0.6 is 0 Å². The Hall–Kier alpha value is -1.53. The van der Waals surface area contributed by atoms with Crippen LogP contribution in [0.1, 0.15) is 100 Å². The van der Waals surface area contributed by atoms with Gasteiger partial charge in [-0.1, -0.05) is 87.8 Å². The third kappa shape index (κ3) is 9.24. The predicted molar refractivity (Wildman–Crippen MR) is 124 cm³/mol. The minimum absolute atomic E-state index is 0. The predicted octanol–water partition coefficient (Wildman–Crippen LogP) is 6.01. The van der Waals surface area contributed by atoms with Gasteiger partial charge in [-0.05, 0) is 60.8 Å². The Balaban J connectivity index is 0.000000529. The summed E-state index contributed by atoms with van der Waals surface area (Å²) in [5, 5.41) is 19.5. The van der Waals surface area contributed by atoms with Crippen LogP contribution in [0.15, 0.2) is 48.5 Å². The molecular formula is C26H40CoO4. The van der Waals surface area contributed by atoms with E-state index < -0.39 is 0 Å². The first-order valence-corrected chi connectivity index (χ1v) is 11.3. The van der Waals surface area contributed by atoms with Crippen LogP contribution in [0.5, 0.6) is 11.5 Å². The fraction of sp³-hybridized carbons (Fsp3) is 0.538. The standard InChI is InChI=1S/2C13H18O.Co.2H2O/c2*14-13-10-6-5-9-12(13)11-7-3-1-2-4-8-11;;;/h2*5-6,9-11,14H,1-4,7-8H2;;2*1H2. The summed E-state index contributed by atoms with van der Waals surface area (Å²) in [6.45, 7) is 0. The van der Waals surface area contributed by atoms with Gasteiger partial charge in [0, 0.05) is 16.8 Å². The van der Waals surface area contributed by atoms with E-state index in [1.807, 2.05) is 24.3 Å². The van der Waals surface area contributed by atoms with Gasteiger partial charge in [0.25, 0.3) is 0 Å². The molecular weight excluding hydrogens is 435 g/mol. The fourth-order valence-corrected chi connectivity index (χ4v) is 4.85. The molecule has 0 amide bonds. The number of para-hydroxylation sites is 2. The molecule has 2 aliphatic carbocycles. The topological polar surface area (TPSA) is 103 Å². The van der Waals surface area contributed by atoms with Gasteiger partial charge in [0.15, 0.2) is 0 Å². The average Bonchev–Trinajstić information content (AvgIpc) is 3.15. The van der Waals surface area contributed by atoms with E-state index in [4.69, 9.17) is 0 Å². The molecule has 0 heterocycles. The smallest absolute Gasteiger partial charge is 0.119 e. The van der Waals surface area contributed by atoms with E-state index in [9.17, 15) is 10.2 Å². The van der Waals surface area contributed by atoms with Crippen LogP contribution < -0.4 is 0 Å². The van der Waals surface area contributed by atoms with Crippen molar-refractivity contribution in [3.63, 3.8) is 0 Å². The SMILES string of the molecule is O.O.Oc1ccccc1C1CCCCCC1.Oc1ccccc1C1CCCCCC1.[Co]. The number of rotatable bonds is 2. The molecule has 0 saturated heterocycles. The van der Waals surface area contributed by atoms with E-state index in [1.165, 1.54) is 77.0 Å². The first-order valence-electron chi connectivity index (χ1n) is 11.3. The summed E-state index contributed by atoms with van der Waals surface area (Å²) in [7, 11) is 0. The summed E-state index contributed by atoms with van der Waals surface area (Å²) in [5.41, 5.74) is 2.32. The second kappa shape index (κ2) is 16.1. The van der Waals surface area contributed by atoms with E-state index in [0.29, 0.717) is 23.3 Å². The molecule has 2 aliphatic rings. The van der Waals surface area contributed by atoms with Crippen LogP contribution in [0, 0.1) is 0 Å². The Bertz CT molecular complexity index is 645. The van der Waals surface area contributed by atoms with Gasteiger partial charge in [0.2, 0.25) is 0 Å². The maximum atomic E-state index is 9.75. The Morgan fingerprint density at radius 2 is 0.774 bits per heavy atom. The number of hydrogen-bond acceptors (Lipinski definition) is 2. The Morgan fingerprint density at radius 3 is 1.06 bits per heavy atom. The minimum atomic E-state index is 0. The van der Waals surface area contributed by atoms with Gasteiger partial charge in [-0.3, -0.25) is 0 Å². The van der Waals surface area contributed by atoms with Gasteiger partial charge in [0.05, 0.1) is 0 Å². The van der Waals surface area contributed by atoms with Crippen molar-refractivity contribution in [2.24, 2.45) is 0 Å². The molecule has 2 aromatic carbocycles. The molecule has 0 unspecified atom stereocenters. The molecule has 177 valence electrons. The van der Waals surface area contributed by atoms with E-state index in [2.05, 4.69) is 12.1 Å². The van der Waals surface area contributed by atoms with Gasteiger partial charge in [-0.2, -0.15) is 0 Å². The van der Waals surface area contributed by atoms with Gasteiger partial charge >= 0.3 is 0 Å². The first-order chi connectivity index (χ1) is 13.8. The molecule has 5 heteroatoms. The van der Waals surface area contributed by atoms with Crippen molar-refractivity contribution in [2.45, 2.75) is 88.9 Å². The Labute approximate surface area is 197 Å². The quantitative estimate of drug-likeness (QED) is 0.520. The van der Waals surface area contributed by atoms with Crippen LogP contribution in [-0.2, 0) is 16.8 Å². The molecule has 2 aromatic rings. The molecule has 0 aliphatic heterocycles. The fourth-order valence-electron chi connectivity index (χ4n) is 4.85. The van der Waals surface area contributed by atoms with Gasteiger partial charge in [-0.15, -0.1) is 0 Å². The van der Waals surface area contributed by atoms with Gasteiger partial charge < -0.3 is 21.2 Å². The average molecular weight is 476 g/mol. The van der Waals surface area contributed by atoms with Gasteiger partial charge in [0.1, 0.15) is 11.5 Å². The zero-order chi connectivity index (χ0) is 19.6. The second-order valence-corrected chi connectivity index (χ2v) is 8.49. The summed E-state index contributed by atoms with van der Waals surface area (Å²) in [4.78, 5) is 0. The van der Waals surface area contributed by atoms with E-state index in [1.54, 1.807) is 12.1 Å². The number of hydrogen-bond donors (Lipinski definition) is 2. The third-order valence-electron chi connectivity index (χ3n) is 6.46. The zero-order valence-electron chi connectivity index (χ0n) is 18.5. The van der Waals surface area contributed by atoms with Gasteiger partial charge in [-0.25, -0.2) is 0 Å². The first kappa shape index (κ1) is 29.5. The van der Waals surface area contributed by atoms with Crippen LogP contribution in [0.2, 0.25) is 0 Å². The molecule has 0 spiro atoms. The van der Waals surface area contributed by atoms with Crippen molar-refractivity contribution in [1.29, 1.82) is 0 Å². The molecule has 0 aromatic heterocycles. The molecule has 2 saturated carbocycles. The summed E-state index contributed by atoms with van der Waals surface area (Å²) in [6, 6.07) is 15.6. The molecule has 31 heavy (non-hydrogen) atoms. The van der Waals surface area contributed by atoms with E-state index in [-0.39, 0.29) is 27.7 Å². The molecule has 4 rings (SSSR count). The Morgan fingerprint density at radius 1 is 0.484 bits per heavy atom. The van der Waals surface area contributed by atoms with Crippen molar-refractivity contribution in [3.8, 4) is 11.5 Å². The number of aromatic hydroxyl groups is 2. The maximum Gasteiger partial charge on any atom is 0.119 e. The largest absolute Gasteiger partial charge is 0.508 e. The summed E-state index contributed by atoms with van der Waals surface area (Å²) < 4.78 is 0. The van der Waals surface area contributed by atoms with Crippen molar-refractivity contribution in [3.05, 3.63) is 59.7 Å². The zero-order valence-corrected chi connectivity index (χ0v) is 19.5. The van der Waals surface area contributed by atoms with Crippen LogP contribution in [0.25, 0.3) is 0 Å². The Kier molecular flexibility index (Phi) is 15.4. The van der Waals surface area contributed by atoms with Crippen molar-refractivity contribution in [2.75, 3.05) is 0 Å². The summed E-state index contributed by atoms with van der Waals surface area (Å²) in [5.74, 6) is 2.16.